The van der Waals surface area contributed by atoms with E-state index in [0.29, 0.717) is 12.8 Å². The van der Waals surface area contributed by atoms with E-state index in [-0.39, 0.29) is 26.8 Å². The zero-order valence-corrected chi connectivity index (χ0v) is 20.4. The van der Waals surface area contributed by atoms with E-state index in [4.69, 9.17) is 0 Å². The van der Waals surface area contributed by atoms with Crippen molar-refractivity contribution in [2.75, 3.05) is 63.3 Å². The zero-order valence-electron chi connectivity index (χ0n) is 20.4. The highest BCUT2D eigenvalue weighted by Gasteiger charge is 2.12. The summed E-state index contributed by atoms with van der Waals surface area (Å²) in [6.45, 7) is 6.44. The topological polar surface area (TPSA) is 71.1 Å². The Morgan fingerprint density at radius 1 is 0.667 bits per heavy atom. The summed E-state index contributed by atoms with van der Waals surface area (Å²) in [6, 6.07) is 16.4. The number of esters is 2. The molecule has 0 atom stereocenters. The summed E-state index contributed by atoms with van der Waals surface area (Å²) < 4.78 is 9.29. The summed E-state index contributed by atoms with van der Waals surface area (Å²) in [5, 5.41) is 3.33. The molecular weight excluding hydrogens is 454 g/mol. The molecule has 0 aromatic heterocycles. The summed E-state index contributed by atoms with van der Waals surface area (Å²) >= 11 is 0. The molecule has 2 heterocycles. The van der Waals surface area contributed by atoms with Gasteiger partial charge in [0.2, 0.25) is 0 Å². The predicted molar refractivity (Wildman–Crippen MR) is 149 cm³/mol. The largest absolute Gasteiger partial charge is 0.469 e. The van der Waals surface area contributed by atoms with Crippen molar-refractivity contribution in [3.8, 4) is 0 Å². The van der Waals surface area contributed by atoms with Crippen LogP contribution in [0.2, 0.25) is 0 Å². The van der Waals surface area contributed by atoms with Crippen LogP contribution in [0.4, 0.5) is 11.4 Å². The van der Waals surface area contributed by atoms with Crippen LogP contribution in [0.1, 0.15) is 45.2 Å². The Kier molecular flexibility index (Phi) is 14.3. The van der Waals surface area contributed by atoms with E-state index in [1.807, 2.05) is 24.3 Å². The second-order valence-electron chi connectivity index (χ2n) is 8.62. The molecule has 0 spiro atoms. The average molecular weight is 500 g/mol. The van der Waals surface area contributed by atoms with Crippen molar-refractivity contribution in [3.05, 3.63) is 59.7 Å². The normalized spacial score (nSPS) is 14.8. The molecule has 1 N–H and O–H groups in total. The molecule has 0 amide bonds. The molecule has 2 aliphatic rings. The minimum atomic E-state index is -0.195. The Morgan fingerprint density at radius 3 is 1.44 bits per heavy atom. The third kappa shape index (κ3) is 9.90. The van der Waals surface area contributed by atoms with Crippen LogP contribution in [0.3, 0.4) is 0 Å². The van der Waals surface area contributed by atoms with Crippen LogP contribution >= 0.6 is 0 Å². The van der Waals surface area contributed by atoms with Crippen molar-refractivity contribution < 1.29 is 19.1 Å². The summed E-state index contributed by atoms with van der Waals surface area (Å²) in [5.41, 5.74) is 4.49. The maximum atomic E-state index is 11.1. The highest BCUT2D eigenvalue weighted by molar-refractivity contribution is 5.73. The van der Waals surface area contributed by atoms with Crippen molar-refractivity contribution in [1.82, 2.24) is 5.32 Å². The van der Waals surface area contributed by atoms with Gasteiger partial charge in [-0.05, 0) is 54.7 Å². The number of carbonyl (C=O) groups excluding carboxylic acids is 2. The quantitative estimate of drug-likeness (QED) is 0.588. The molecule has 2 aromatic carbocycles. The summed E-state index contributed by atoms with van der Waals surface area (Å²) in [7, 11) is 2.84. The van der Waals surface area contributed by atoms with E-state index in [0.717, 1.165) is 50.4 Å². The van der Waals surface area contributed by atoms with Gasteiger partial charge in [-0.25, -0.2) is 0 Å². The van der Waals surface area contributed by atoms with Gasteiger partial charge < -0.3 is 24.6 Å². The Bertz CT molecular complexity index is 812. The van der Waals surface area contributed by atoms with E-state index in [1.54, 1.807) is 0 Å². The fourth-order valence-electron chi connectivity index (χ4n) is 4.20. The number of piperidine rings is 1. The van der Waals surface area contributed by atoms with Crippen molar-refractivity contribution in [1.29, 1.82) is 0 Å². The molecule has 2 fully saturated rings. The maximum absolute atomic E-state index is 11.1. The molecule has 2 saturated heterocycles. The van der Waals surface area contributed by atoms with E-state index in [2.05, 4.69) is 48.9 Å². The van der Waals surface area contributed by atoms with E-state index in [9.17, 15) is 9.59 Å². The smallest absolute Gasteiger partial charge is 0.309 e. The number of piperazine rings is 1. The summed E-state index contributed by atoms with van der Waals surface area (Å²) in [6.07, 6.45) is 4.61. The molecule has 200 valence electrons. The minimum absolute atomic E-state index is 0. The number of nitrogens with zero attached hydrogens (tertiary/aromatic N) is 2. The van der Waals surface area contributed by atoms with Gasteiger partial charge in [-0.2, -0.15) is 0 Å². The van der Waals surface area contributed by atoms with E-state index < -0.39 is 0 Å². The van der Waals surface area contributed by atoms with Crippen LogP contribution in [0.5, 0.6) is 0 Å². The first-order valence-corrected chi connectivity index (χ1v) is 12.1. The van der Waals surface area contributed by atoms with Crippen LogP contribution in [0, 0.1) is 0 Å². The lowest BCUT2D eigenvalue weighted by Crippen LogP contribution is -2.43. The molecule has 7 nitrogen and oxygen atoms in total. The first kappa shape index (κ1) is 31.0. The Morgan fingerprint density at radius 2 is 1.06 bits per heavy atom. The number of anilines is 2. The van der Waals surface area contributed by atoms with Gasteiger partial charge in [0.25, 0.3) is 0 Å². The van der Waals surface area contributed by atoms with Crippen LogP contribution in [0.15, 0.2) is 48.5 Å². The van der Waals surface area contributed by atoms with Gasteiger partial charge in [-0.15, -0.1) is 0 Å². The van der Waals surface area contributed by atoms with Crippen LogP contribution < -0.4 is 15.1 Å². The molecule has 2 aromatic rings. The second kappa shape index (κ2) is 16.6. The van der Waals surface area contributed by atoms with Gasteiger partial charge in [0.1, 0.15) is 0 Å². The summed E-state index contributed by atoms with van der Waals surface area (Å²) in [5.74, 6) is -0.379. The molecule has 0 unspecified atom stereocenters. The van der Waals surface area contributed by atoms with Crippen molar-refractivity contribution in [3.63, 3.8) is 0 Å². The standard InChI is InChI=1S/C14H19NO2.C13H18N2O2.2CH4/c1-17-14(16)11-12-5-7-13(8-6-12)15-9-3-2-4-10-15;1-17-13(16)10-11-2-4-12(5-3-11)15-8-6-14-7-9-15;;/h5-8H,2-4,9-11H2,1H3;2-5,14H,6-10H2,1H3;2*1H4. The van der Waals surface area contributed by atoms with Gasteiger partial charge in [-0.3, -0.25) is 9.59 Å². The molecule has 4 rings (SSSR count). The first-order chi connectivity index (χ1) is 16.6. The fraction of sp³-hybridized carbons (Fsp3) is 0.517. The minimum Gasteiger partial charge on any atom is -0.469 e. The van der Waals surface area contributed by atoms with Crippen LogP contribution in [-0.4, -0.2) is 65.4 Å². The molecule has 7 heteroatoms. The number of carbonyl (C=O) groups is 2. The predicted octanol–water partition coefficient (Wildman–Crippen LogP) is 4.48. The number of benzene rings is 2. The third-order valence-electron chi connectivity index (χ3n) is 6.23. The Labute approximate surface area is 217 Å². The van der Waals surface area contributed by atoms with Gasteiger partial charge in [0.15, 0.2) is 0 Å². The van der Waals surface area contributed by atoms with E-state index in [1.165, 1.54) is 44.9 Å². The molecule has 0 bridgehead atoms. The Hall–Kier alpha value is -3.06. The molecule has 0 radical (unpaired) electrons. The first-order valence-electron chi connectivity index (χ1n) is 12.1. The molecular formula is C29H45N3O4. The average Bonchev–Trinajstić information content (AvgIpc) is 2.91. The molecule has 0 aliphatic carbocycles. The summed E-state index contributed by atoms with van der Waals surface area (Å²) in [4.78, 5) is 27.0. The van der Waals surface area contributed by atoms with E-state index >= 15 is 0 Å². The zero-order chi connectivity index (χ0) is 24.2. The number of nitrogens with one attached hydrogen (secondary N) is 1. The van der Waals surface area contributed by atoms with Gasteiger partial charge in [0, 0.05) is 50.6 Å². The molecule has 36 heavy (non-hydrogen) atoms. The lowest BCUT2D eigenvalue weighted by Gasteiger charge is -2.29. The SMILES string of the molecule is C.C.COC(=O)Cc1ccc(N2CCCCC2)cc1.COC(=O)Cc1ccc(N2CCNCC2)cc1. The highest BCUT2D eigenvalue weighted by atomic mass is 16.5. The van der Waals surface area contributed by atoms with Crippen LogP contribution in [0.25, 0.3) is 0 Å². The van der Waals surface area contributed by atoms with Crippen molar-refractivity contribution in [2.24, 2.45) is 0 Å². The number of rotatable bonds is 6. The Balaban J connectivity index is 0.000000341. The number of ether oxygens (including phenoxy) is 2. The molecule has 2 aliphatic heterocycles. The van der Waals surface area contributed by atoms with Gasteiger partial charge in [-0.1, -0.05) is 39.1 Å². The highest BCUT2D eigenvalue weighted by Crippen LogP contribution is 2.20. The lowest BCUT2D eigenvalue weighted by atomic mass is 10.1. The number of hydrogen-bond donors (Lipinski definition) is 1. The second-order valence-corrected chi connectivity index (χ2v) is 8.62. The third-order valence-corrected chi connectivity index (χ3v) is 6.23. The van der Waals surface area contributed by atoms with Crippen molar-refractivity contribution in [2.45, 2.75) is 47.0 Å². The van der Waals surface area contributed by atoms with Crippen LogP contribution in [-0.2, 0) is 31.9 Å². The number of methoxy groups -OCH3 is 2. The maximum Gasteiger partial charge on any atom is 0.309 e. The van der Waals surface area contributed by atoms with Gasteiger partial charge >= 0.3 is 11.9 Å². The fourth-order valence-corrected chi connectivity index (χ4v) is 4.20. The molecule has 0 saturated carbocycles. The lowest BCUT2D eigenvalue weighted by molar-refractivity contribution is -0.140. The monoisotopic (exact) mass is 499 g/mol. The van der Waals surface area contributed by atoms with Crippen molar-refractivity contribution >= 4 is 23.3 Å². The number of hydrogen-bond acceptors (Lipinski definition) is 7. The van der Waals surface area contributed by atoms with Gasteiger partial charge in [0.05, 0.1) is 27.1 Å².